The van der Waals surface area contributed by atoms with Crippen LogP contribution in [0.25, 0.3) is 0 Å². The molecule has 0 spiro atoms. The first-order valence-electron chi connectivity index (χ1n) is 7.14. The molecule has 1 heterocycles. The molecule has 5 heteroatoms. The van der Waals surface area contributed by atoms with E-state index in [1.165, 1.54) is 0 Å². The Labute approximate surface area is 124 Å². The van der Waals surface area contributed by atoms with Gasteiger partial charge in [0.15, 0.2) is 5.78 Å². The third kappa shape index (κ3) is 4.56. The maximum absolute atomic E-state index is 11.4. The molecule has 0 saturated carbocycles. The van der Waals surface area contributed by atoms with Crippen molar-refractivity contribution in [2.45, 2.75) is 26.7 Å². The zero-order valence-electron chi connectivity index (χ0n) is 12.4. The van der Waals surface area contributed by atoms with Crippen molar-refractivity contribution in [1.82, 2.24) is 9.97 Å². The van der Waals surface area contributed by atoms with Gasteiger partial charge in [0.1, 0.15) is 5.82 Å². The van der Waals surface area contributed by atoms with Crippen molar-refractivity contribution in [3.05, 3.63) is 42.1 Å². The standard InChI is InChI=1S/C16H20N4O/c1-3-4-9-17-15-8-10-18-16(20-15)19-14-7-5-6-13(11-14)12(2)21/h5-8,10-11H,3-4,9H2,1-2H3,(H2,17,18,19,20). The van der Waals surface area contributed by atoms with Crippen LogP contribution < -0.4 is 10.6 Å². The molecule has 0 atom stereocenters. The van der Waals surface area contributed by atoms with Crippen LogP contribution in [-0.2, 0) is 0 Å². The first-order chi connectivity index (χ1) is 10.2. The fourth-order valence-corrected chi connectivity index (χ4v) is 1.86. The van der Waals surface area contributed by atoms with E-state index in [1.54, 1.807) is 25.3 Å². The first kappa shape index (κ1) is 15.0. The lowest BCUT2D eigenvalue weighted by atomic mass is 10.1. The van der Waals surface area contributed by atoms with Crippen LogP contribution in [-0.4, -0.2) is 22.3 Å². The normalized spacial score (nSPS) is 10.2. The van der Waals surface area contributed by atoms with Crippen molar-refractivity contribution in [2.75, 3.05) is 17.2 Å². The molecule has 0 aliphatic rings. The molecule has 2 rings (SSSR count). The van der Waals surface area contributed by atoms with Crippen LogP contribution >= 0.6 is 0 Å². The predicted molar refractivity (Wildman–Crippen MR) is 85.2 cm³/mol. The topological polar surface area (TPSA) is 66.9 Å². The van der Waals surface area contributed by atoms with Gasteiger partial charge in [0.25, 0.3) is 0 Å². The van der Waals surface area contributed by atoms with Crippen molar-refractivity contribution < 1.29 is 4.79 Å². The molecule has 1 aromatic carbocycles. The van der Waals surface area contributed by atoms with Gasteiger partial charge in [-0.1, -0.05) is 25.5 Å². The lowest BCUT2D eigenvalue weighted by Crippen LogP contribution is -2.05. The maximum atomic E-state index is 11.4. The van der Waals surface area contributed by atoms with Crippen molar-refractivity contribution in [1.29, 1.82) is 0 Å². The van der Waals surface area contributed by atoms with Crippen molar-refractivity contribution in [2.24, 2.45) is 0 Å². The summed E-state index contributed by atoms with van der Waals surface area (Å²) in [5.74, 6) is 1.34. The minimum atomic E-state index is 0.0366. The minimum absolute atomic E-state index is 0.0366. The third-order valence-electron chi connectivity index (χ3n) is 3.02. The smallest absolute Gasteiger partial charge is 0.229 e. The number of hydrogen-bond donors (Lipinski definition) is 2. The summed E-state index contributed by atoms with van der Waals surface area (Å²) in [6, 6.07) is 9.14. The highest BCUT2D eigenvalue weighted by Gasteiger charge is 2.03. The predicted octanol–water partition coefficient (Wildman–Crippen LogP) is 3.63. The van der Waals surface area contributed by atoms with Gasteiger partial charge >= 0.3 is 0 Å². The van der Waals surface area contributed by atoms with Gasteiger partial charge in [-0.3, -0.25) is 4.79 Å². The van der Waals surface area contributed by atoms with Gasteiger partial charge < -0.3 is 10.6 Å². The van der Waals surface area contributed by atoms with Crippen molar-refractivity contribution in [3.8, 4) is 0 Å². The number of nitrogens with one attached hydrogen (secondary N) is 2. The monoisotopic (exact) mass is 284 g/mol. The van der Waals surface area contributed by atoms with Gasteiger partial charge in [0.2, 0.25) is 5.95 Å². The number of unbranched alkanes of at least 4 members (excludes halogenated alkanes) is 1. The van der Waals surface area contributed by atoms with E-state index < -0.39 is 0 Å². The highest BCUT2D eigenvalue weighted by Crippen LogP contribution is 2.16. The fraction of sp³-hybridized carbons (Fsp3) is 0.312. The fourth-order valence-electron chi connectivity index (χ4n) is 1.86. The number of anilines is 3. The molecule has 0 saturated heterocycles. The van der Waals surface area contributed by atoms with Gasteiger partial charge in [0, 0.05) is 24.0 Å². The summed E-state index contributed by atoms with van der Waals surface area (Å²) in [6.45, 7) is 4.59. The highest BCUT2D eigenvalue weighted by molar-refractivity contribution is 5.95. The quantitative estimate of drug-likeness (QED) is 0.600. The molecule has 0 bridgehead atoms. The van der Waals surface area contributed by atoms with E-state index in [1.807, 2.05) is 18.2 Å². The molecule has 110 valence electrons. The van der Waals surface area contributed by atoms with Gasteiger partial charge in [-0.25, -0.2) is 4.98 Å². The number of Topliss-reactive ketones (excluding diaryl/α,β-unsaturated/α-hetero) is 1. The number of aromatic nitrogens is 2. The average molecular weight is 284 g/mol. The summed E-state index contributed by atoms with van der Waals surface area (Å²) < 4.78 is 0. The van der Waals surface area contributed by atoms with E-state index in [2.05, 4.69) is 27.5 Å². The molecule has 0 fully saturated rings. The van der Waals surface area contributed by atoms with Crippen LogP contribution in [0.5, 0.6) is 0 Å². The Bertz CT molecular complexity index is 613. The molecular weight excluding hydrogens is 264 g/mol. The van der Waals surface area contributed by atoms with Crippen LogP contribution in [0.1, 0.15) is 37.0 Å². The van der Waals surface area contributed by atoms with Gasteiger partial charge in [0.05, 0.1) is 0 Å². The van der Waals surface area contributed by atoms with Gasteiger partial charge in [-0.15, -0.1) is 0 Å². The lowest BCUT2D eigenvalue weighted by Gasteiger charge is -2.08. The van der Waals surface area contributed by atoms with Crippen molar-refractivity contribution >= 4 is 23.2 Å². The molecule has 0 aliphatic heterocycles. The summed E-state index contributed by atoms with van der Waals surface area (Å²) in [4.78, 5) is 20.0. The van der Waals surface area contributed by atoms with Crippen LogP contribution in [0.2, 0.25) is 0 Å². The molecule has 0 radical (unpaired) electrons. The van der Waals surface area contributed by atoms with Gasteiger partial charge in [-0.2, -0.15) is 4.98 Å². The second kappa shape index (κ2) is 7.38. The Balaban J connectivity index is 2.07. The Morgan fingerprint density at radius 2 is 2.14 bits per heavy atom. The number of carbonyl (C=O) groups excluding carboxylic acids is 1. The molecular formula is C16H20N4O. The summed E-state index contributed by atoms with van der Waals surface area (Å²) in [5.41, 5.74) is 1.46. The second-order valence-corrected chi connectivity index (χ2v) is 4.81. The third-order valence-corrected chi connectivity index (χ3v) is 3.02. The van der Waals surface area contributed by atoms with Crippen LogP contribution in [0, 0.1) is 0 Å². The summed E-state index contributed by atoms with van der Waals surface area (Å²) in [5, 5.41) is 6.37. The largest absolute Gasteiger partial charge is 0.370 e. The molecule has 2 N–H and O–H groups in total. The lowest BCUT2D eigenvalue weighted by molar-refractivity contribution is 0.101. The molecule has 1 aromatic heterocycles. The number of nitrogens with zero attached hydrogens (tertiary/aromatic N) is 2. The Morgan fingerprint density at radius 1 is 1.29 bits per heavy atom. The molecule has 0 aliphatic carbocycles. The maximum Gasteiger partial charge on any atom is 0.229 e. The number of rotatable bonds is 7. The summed E-state index contributed by atoms with van der Waals surface area (Å²) in [6.07, 6.45) is 3.95. The van der Waals surface area contributed by atoms with E-state index in [-0.39, 0.29) is 5.78 Å². The van der Waals surface area contributed by atoms with E-state index in [9.17, 15) is 4.79 Å². The summed E-state index contributed by atoms with van der Waals surface area (Å²) in [7, 11) is 0. The number of ketones is 1. The van der Waals surface area contributed by atoms with Crippen molar-refractivity contribution in [3.63, 3.8) is 0 Å². The Hall–Kier alpha value is -2.43. The number of benzene rings is 1. The van der Waals surface area contributed by atoms with E-state index in [0.29, 0.717) is 11.5 Å². The average Bonchev–Trinajstić information content (AvgIpc) is 2.48. The SMILES string of the molecule is CCCCNc1ccnc(Nc2cccc(C(C)=O)c2)n1. The Kier molecular flexibility index (Phi) is 5.26. The number of hydrogen-bond acceptors (Lipinski definition) is 5. The molecule has 2 aromatic rings. The molecule has 5 nitrogen and oxygen atoms in total. The summed E-state index contributed by atoms with van der Waals surface area (Å²) >= 11 is 0. The molecule has 0 unspecified atom stereocenters. The molecule has 21 heavy (non-hydrogen) atoms. The van der Waals surface area contributed by atoms with Crippen LogP contribution in [0.15, 0.2) is 36.5 Å². The first-order valence-corrected chi connectivity index (χ1v) is 7.14. The zero-order chi connectivity index (χ0) is 15.1. The highest BCUT2D eigenvalue weighted by atomic mass is 16.1. The van der Waals surface area contributed by atoms with Gasteiger partial charge in [-0.05, 0) is 31.5 Å². The second-order valence-electron chi connectivity index (χ2n) is 4.81. The van der Waals surface area contributed by atoms with E-state index >= 15 is 0 Å². The Morgan fingerprint density at radius 3 is 2.90 bits per heavy atom. The minimum Gasteiger partial charge on any atom is -0.370 e. The zero-order valence-corrected chi connectivity index (χ0v) is 12.4. The van der Waals surface area contributed by atoms with E-state index in [4.69, 9.17) is 0 Å². The van der Waals surface area contributed by atoms with Crippen LogP contribution in [0.3, 0.4) is 0 Å². The van der Waals surface area contributed by atoms with E-state index in [0.717, 1.165) is 30.9 Å². The van der Waals surface area contributed by atoms with Crippen LogP contribution in [0.4, 0.5) is 17.5 Å². The number of carbonyl (C=O) groups is 1. The molecule has 0 amide bonds.